The molecule has 120 valence electrons. The number of rotatable bonds is 4. The smallest absolute Gasteiger partial charge is 0.00385 e. The third-order valence-electron chi connectivity index (χ3n) is 5.18. The summed E-state index contributed by atoms with van der Waals surface area (Å²) >= 11 is 0. The fraction of sp³-hybridized carbons (Fsp3) is 1.00. The van der Waals surface area contributed by atoms with Crippen LogP contribution >= 0.6 is 0 Å². The first-order chi connectivity index (χ1) is 9.69. The van der Waals surface area contributed by atoms with Crippen LogP contribution in [0.4, 0.5) is 0 Å². The van der Waals surface area contributed by atoms with Gasteiger partial charge in [0.2, 0.25) is 0 Å². The molecule has 2 aliphatic rings. The van der Waals surface area contributed by atoms with E-state index in [1.54, 1.807) is 0 Å². The van der Waals surface area contributed by atoms with Gasteiger partial charge in [0.15, 0.2) is 0 Å². The predicted molar refractivity (Wildman–Crippen MR) is 90.2 cm³/mol. The Hall–Kier alpha value is -0.0800. The SMILES string of the molecule is CC.CCC1CCN(CC2CCN(C(C)C)CC2)CC1. The topological polar surface area (TPSA) is 6.48 Å². The highest BCUT2D eigenvalue weighted by atomic mass is 15.2. The summed E-state index contributed by atoms with van der Waals surface area (Å²) in [6.07, 6.45) is 7.13. The van der Waals surface area contributed by atoms with Gasteiger partial charge in [0.1, 0.15) is 0 Å². The third kappa shape index (κ3) is 5.73. The number of hydrogen-bond acceptors (Lipinski definition) is 2. The van der Waals surface area contributed by atoms with Crippen molar-refractivity contribution in [3.63, 3.8) is 0 Å². The van der Waals surface area contributed by atoms with Gasteiger partial charge >= 0.3 is 0 Å². The minimum atomic E-state index is 0.742. The average molecular weight is 283 g/mol. The van der Waals surface area contributed by atoms with Crippen LogP contribution in [0.15, 0.2) is 0 Å². The van der Waals surface area contributed by atoms with Crippen LogP contribution in [0.25, 0.3) is 0 Å². The molecule has 0 radical (unpaired) electrons. The van der Waals surface area contributed by atoms with Crippen LogP contribution in [0.2, 0.25) is 0 Å². The molecule has 0 atom stereocenters. The van der Waals surface area contributed by atoms with E-state index in [-0.39, 0.29) is 0 Å². The fourth-order valence-electron chi connectivity index (χ4n) is 3.59. The lowest BCUT2D eigenvalue weighted by Crippen LogP contribution is -2.43. The summed E-state index contributed by atoms with van der Waals surface area (Å²) in [5, 5.41) is 0. The Kier molecular flexibility index (Phi) is 8.79. The molecule has 0 bridgehead atoms. The molecule has 2 rings (SSSR count). The fourth-order valence-corrected chi connectivity index (χ4v) is 3.59. The largest absolute Gasteiger partial charge is 0.303 e. The molecular weight excluding hydrogens is 244 g/mol. The summed E-state index contributed by atoms with van der Waals surface area (Å²) in [6, 6.07) is 0.742. The zero-order chi connectivity index (χ0) is 15.0. The molecule has 2 nitrogen and oxygen atoms in total. The first-order valence-electron chi connectivity index (χ1n) is 9.15. The Labute approximate surface area is 127 Å². The summed E-state index contributed by atoms with van der Waals surface area (Å²) in [6.45, 7) is 17.8. The summed E-state index contributed by atoms with van der Waals surface area (Å²) in [5.74, 6) is 1.99. The Morgan fingerprint density at radius 1 is 0.850 bits per heavy atom. The monoisotopic (exact) mass is 282 g/mol. The van der Waals surface area contributed by atoms with Crippen molar-refractivity contribution in [2.45, 2.75) is 72.8 Å². The molecule has 2 saturated heterocycles. The number of piperidine rings is 2. The Morgan fingerprint density at radius 2 is 1.35 bits per heavy atom. The lowest BCUT2D eigenvalue weighted by Gasteiger charge is -2.38. The van der Waals surface area contributed by atoms with E-state index < -0.39 is 0 Å². The van der Waals surface area contributed by atoms with Gasteiger partial charge in [-0.3, -0.25) is 0 Å². The molecule has 0 N–H and O–H groups in total. The molecule has 20 heavy (non-hydrogen) atoms. The minimum absolute atomic E-state index is 0.742. The molecule has 0 saturated carbocycles. The van der Waals surface area contributed by atoms with E-state index in [0.29, 0.717) is 0 Å². The van der Waals surface area contributed by atoms with Crippen LogP contribution in [-0.4, -0.2) is 48.6 Å². The van der Waals surface area contributed by atoms with Gasteiger partial charge in [-0.2, -0.15) is 0 Å². The zero-order valence-corrected chi connectivity index (χ0v) is 14.7. The second-order valence-electron chi connectivity index (χ2n) is 6.73. The molecule has 0 spiro atoms. The van der Waals surface area contributed by atoms with Crippen LogP contribution in [0.1, 0.15) is 66.7 Å². The molecule has 0 aromatic carbocycles. The van der Waals surface area contributed by atoms with Gasteiger partial charge in [-0.05, 0) is 77.5 Å². The second kappa shape index (κ2) is 9.78. The lowest BCUT2D eigenvalue weighted by atomic mass is 9.91. The van der Waals surface area contributed by atoms with Crippen LogP contribution in [0, 0.1) is 11.8 Å². The van der Waals surface area contributed by atoms with Crippen molar-refractivity contribution in [2.24, 2.45) is 11.8 Å². The number of hydrogen-bond donors (Lipinski definition) is 0. The summed E-state index contributed by atoms with van der Waals surface area (Å²) in [4.78, 5) is 5.38. The molecule has 0 amide bonds. The van der Waals surface area contributed by atoms with Crippen molar-refractivity contribution in [1.82, 2.24) is 9.80 Å². The van der Waals surface area contributed by atoms with Crippen molar-refractivity contribution >= 4 is 0 Å². The van der Waals surface area contributed by atoms with E-state index in [1.165, 1.54) is 64.8 Å². The van der Waals surface area contributed by atoms with Crippen molar-refractivity contribution in [3.05, 3.63) is 0 Å². The van der Waals surface area contributed by atoms with Crippen molar-refractivity contribution in [2.75, 3.05) is 32.7 Å². The van der Waals surface area contributed by atoms with Crippen molar-refractivity contribution in [3.8, 4) is 0 Å². The zero-order valence-electron chi connectivity index (χ0n) is 14.7. The standard InChI is InChI=1S/C16H32N2.C2H6/c1-4-15-5-9-17(10-6-15)13-16-7-11-18(12-8-16)14(2)3;1-2/h14-16H,4-13H2,1-3H3;1-2H3. The Bertz CT molecular complexity index is 224. The average Bonchev–Trinajstić information content (AvgIpc) is 2.50. The molecule has 0 aromatic rings. The molecule has 2 heterocycles. The first kappa shape index (κ1) is 18.0. The van der Waals surface area contributed by atoms with Crippen LogP contribution in [0.5, 0.6) is 0 Å². The van der Waals surface area contributed by atoms with E-state index in [0.717, 1.165) is 17.9 Å². The minimum Gasteiger partial charge on any atom is -0.303 e. The molecular formula is C18H38N2. The van der Waals surface area contributed by atoms with Gasteiger partial charge in [0.05, 0.1) is 0 Å². The Morgan fingerprint density at radius 3 is 1.80 bits per heavy atom. The van der Waals surface area contributed by atoms with E-state index in [1.807, 2.05) is 13.8 Å². The van der Waals surface area contributed by atoms with Gasteiger partial charge in [-0.25, -0.2) is 0 Å². The maximum Gasteiger partial charge on any atom is 0.00385 e. The number of likely N-dealkylation sites (tertiary alicyclic amines) is 2. The quantitative estimate of drug-likeness (QED) is 0.760. The molecule has 0 aliphatic carbocycles. The highest BCUT2D eigenvalue weighted by Crippen LogP contribution is 2.24. The summed E-state index contributed by atoms with van der Waals surface area (Å²) < 4.78 is 0. The molecule has 2 heteroatoms. The molecule has 0 unspecified atom stereocenters. The van der Waals surface area contributed by atoms with Crippen LogP contribution in [0.3, 0.4) is 0 Å². The van der Waals surface area contributed by atoms with E-state index in [9.17, 15) is 0 Å². The highest BCUT2D eigenvalue weighted by molar-refractivity contribution is 4.79. The van der Waals surface area contributed by atoms with Gasteiger partial charge < -0.3 is 9.80 Å². The second-order valence-corrected chi connectivity index (χ2v) is 6.73. The van der Waals surface area contributed by atoms with E-state index in [2.05, 4.69) is 30.6 Å². The van der Waals surface area contributed by atoms with Crippen LogP contribution < -0.4 is 0 Å². The van der Waals surface area contributed by atoms with Gasteiger partial charge in [-0.1, -0.05) is 27.2 Å². The van der Waals surface area contributed by atoms with Crippen LogP contribution in [-0.2, 0) is 0 Å². The maximum atomic E-state index is 2.74. The molecule has 2 fully saturated rings. The molecule has 2 aliphatic heterocycles. The predicted octanol–water partition coefficient (Wildman–Crippen LogP) is 4.26. The number of nitrogens with zero attached hydrogens (tertiary/aromatic N) is 2. The highest BCUT2D eigenvalue weighted by Gasteiger charge is 2.24. The maximum absolute atomic E-state index is 2.74. The summed E-state index contributed by atoms with van der Waals surface area (Å²) in [5.41, 5.74) is 0. The summed E-state index contributed by atoms with van der Waals surface area (Å²) in [7, 11) is 0. The van der Waals surface area contributed by atoms with Gasteiger partial charge in [-0.15, -0.1) is 0 Å². The first-order valence-corrected chi connectivity index (χ1v) is 9.15. The normalized spacial score (nSPS) is 23.7. The third-order valence-corrected chi connectivity index (χ3v) is 5.18. The van der Waals surface area contributed by atoms with E-state index in [4.69, 9.17) is 0 Å². The van der Waals surface area contributed by atoms with Crippen molar-refractivity contribution in [1.29, 1.82) is 0 Å². The Balaban J connectivity index is 0.000000956. The van der Waals surface area contributed by atoms with E-state index >= 15 is 0 Å². The lowest BCUT2D eigenvalue weighted by molar-refractivity contribution is 0.104. The van der Waals surface area contributed by atoms with Crippen molar-refractivity contribution < 1.29 is 0 Å². The van der Waals surface area contributed by atoms with Gasteiger partial charge in [0.25, 0.3) is 0 Å². The van der Waals surface area contributed by atoms with Gasteiger partial charge in [0, 0.05) is 12.6 Å². The molecule has 0 aromatic heterocycles.